The lowest BCUT2D eigenvalue weighted by atomic mass is 9.73. The minimum absolute atomic E-state index is 0.139. The maximum absolute atomic E-state index is 6.08. The van der Waals surface area contributed by atoms with Crippen molar-refractivity contribution in [2.75, 3.05) is 33.3 Å². The maximum atomic E-state index is 6.08. The molecule has 0 radical (unpaired) electrons. The van der Waals surface area contributed by atoms with Crippen LogP contribution in [0.4, 0.5) is 0 Å². The highest BCUT2D eigenvalue weighted by Crippen LogP contribution is 2.35. The number of likely N-dealkylation sites (tertiary alicyclic amines) is 1. The number of hydrogen-bond acceptors (Lipinski definition) is 3. The van der Waals surface area contributed by atoms with Crippen molar-refractivity contribution in [2.24, 2.45) is 5.73 Å². The monoisotopic (exact) mass is 248 g/mol. The van der Waals surface area contributed by atoms with Crippen molar-refractivity contribution >= 4 is 0 Å². The van der Waals surface area contributed by atoms with E-state index < -0.39 is 0 Å². The van der Waals surface area contributed by atoms with Crippen LogP contribution >= 0.6 is 0 Å². The second-order valence-electron chi connectivity index (χ2n) is 5.25. The summed E-state index contributed by atoms with van der Waals surface area (Å²) in [5.41, 5.74) is 7.56. The maximum Gasteiger partial charge on any atom is 0.119 e. The van der Waals surface area contributed by atoms with Crippen LogP contribution in [0.2, 0.25) is 0 Å². The first-order valence-electron chi connectivity index (χ1n) is 6.82. The van der Waals surface area contributed by atoms with Gasteiger partial charge in [-0.1, -0.05) is 12.1 Å². The molecular formula is C15H24N2O. The third-order valence-corrected chi connectivity index (χ3v) is 4.09. The van der Waals surface area contributed by atoms with Crippen LogP contribution in [0.15, 0.2) is 24.3 Å². The largest absolute Gasteiger partial charge is 0.494 e. The molecule has 0 spiro atoms. The molecule has 2 N–H and O–H groups in total. The molecule has 0 aromatic heterocycles. The van der Waals surface area contributed by atoms with E-state index in [9.17, 15) is 0 Å². The Bertz CT molecular complexity index is 384. The summed E-state index contributed by atoms with van der Waals surface area (Å²) in [7, 11) is 2.18. The molecule has 0 unspecified atom stereocenters. The molecule has 1 aromatic rings. The van der Waals surface area contributed by atoms with E-state index in [4.69, 9.17) is 10.5 Å². The zero-order valence-electron chi connectivity index (χ0n) is 11.5. The van der Waals surface area contributed by atoms with E-state index in [-0.39, 0.29) is 5.41 Å². The SMILES string of the molecule is CCOc1cccc(C2(CN)CCN(C)CC2)c1. The lowest BCUT2D eigenvalue weighted by Crippen LogP contribution is -2.45. The summed E-state index contributed by atoms with van der Waals surface area (Å²) in [5.74, 6) is 0.960. The molecule has 0 bridgehead atoms. The molecule has 3 nitrogen and oxygen atoms in total. The van der Waals surface area contributed by atoms with Crippen LogP contribution in [-0.2, 0) is 5.41 Å². The van der Waals surface area contributed by atoms with Crippen molar-refractivity contribution in [3.05, 3.63) is 29.8 Å². The van der Waals surface area contributed by atoms with E-state index in [1.807, 2.05) is 13.0 Å². The first-order valence-corrected chi connectivity index (χ1v) is 6.82. The second kappa shape index (κ2) is 5.72. The van der Waals surface area contributed by atoms with Gasteiger partial charge in [0, 0.05) is 12.0 Å². The molecule has 0 amide bonds. The van der Waals surface area contributed by atoms with E-state index in [0.717, 1.165) is 38.2 Å². The van der Waals surface area contributed by atoms with E-state index in [0.29, 0.717) is 6.61 Å². The Kier molecular flexibility index (Phi) is 4.25. The van der Waals surface area contributed by atoms with Gasteiger partial charge in [0.2, 0.25) is 0 Å². The third kappa shape index (κ3) is 2.68. The van der Waals surface area contributed by atoms with Gasteiger partial charge in [-0.25, -0.2) is 0 Å². The van der Waals surface area contributed by atoms with Gasteiger partial charge in [0.1, 0.15) is 5.75 Å². The smallest absolute Gasteiger partial charge is 0.119 e. The van der Waals surface area contributed by atoms with E-state index >= 15 is 0 Å². The number of ether oxygens (including phenoxy) is 1. The van der Waals surface area contributed by atoms with Gasteiger partial charge in [-0.2, -0.15) is 0 Å². The lowest BCUT2D eigenvalue weighted by Gasteiger charge is -2.40. The normalized spacial score (nSPS) is 19.7. The number of rotatable bonds is 4. The highest BCUT2D eigenvalue weighted by atomic mass is 16.5. The van der Waals surface area contributed by atoms with E-state index in [1.54, 1.807) is 0 Å². The molecule has 1 fully saturated rings. The number of piperidine rings is 1. The molecule has 1 heterocycles. The predicted octanol–water partition coefficient (Wildman–Crippen LogP) is 2.01. The minimum Gasteiger partial charge on any atom is -0.494 e. The van der Waals surface area contributed by atoms with E-state index in [1.165, 1.54) is 5.56 Å². The molecule has 2 rings (SSSR count). The predicted molar refractivity (Wildman–Crippen MR) is 75.1 cm³/mol. The fraction of sp³-hybridized carbons (Fsp3) is 0.600. The number of nitrogens with two attached hydrogens (primary N) is 1. The molecule has 0 saturated carbocycles. The third-order valence-electron chi connectivity index (χ3n) is 4.09. The molecule has 1 saturated heterocycles. The Balaban J connectivity index is 2.24. The van der Waals surface area contributed by atoms with Crippen LogP contribution in [0, 0.1) is 0 Å². The number of benzene rings is 1. The highest BCUT2D eigenvalue weighted by molar-refractivity contribution is 5.35. The van der Waals surface area contributed by atoms with Crippen molar-refractivity contribution in [2.45, 2.75) is 25.2 Å². The van der Waals surface area contributed by atoms with Gasteiger partial charge < -0.3 is 15.4 Å². The molecule has 100 valence electrons. The highest BCUT2D eigenvalue weighted by Gasteiger charge is 2.34. The Morgan fingerprint density at radius 2 is 2.06 bits per heavy atom. The number of hydrogen-bond donors (Lipinski definition) is 1. The second-order valence-corrected chi connectivity index (χ2v) is 5.25. The standard InChI is InChI=1S/C15H24N2O/c1-3-18-14-6-4-5-13(11-14)15(12-16)7-9-17(2)10-8-15/h4-6,11H,3,7-10,12,16H2,1-2H3. The van der Waals surface area contributed by atoms with Crippen molar-refractivity contribution in [3.8, 4) is 5.75 Å². The van der Waals surface area contributed by atoms with Gasteiger partial charge in [0.05, 0.1) is 6.61 Å². The fourth-order valence-corrected chi connectivity index (χ4v) is 2.74. The average Bonchev–Trinajstić information content (AvgIpc) is 2.41. The average molecular weight is 248 g/mol. The molecule has 0 atom stereocenters. The van der Waals surface area contributed by atoms with Crippen molar-refractivity contribution < 1.29 is 4.74 Å². The Morgan fingerprint density at radius 3 is 2.67 bits per heavy atom. The Hall–Kier alpha value is -1.06. The summed E-state index contributed by atoms with van der Waals surface area (Å²) in [6, 6.07) is 8.46. The molecular weight excluding hydrogens is 224 g/mol. The van der Waals surface area contributed by atoms with Crippen LogP contribution in [0.1, 0.15) is 25.3 Å². The van der Waals surface area contributed by atoms with Crippen molar-refractivity contribution in [3.63, 3.8) is 0 Å². The van der Waals surface area contributed by atoms with Crippen molar-refractivity contribution in [1.82, 2.24) is 4.90 Å². The zero-order chi connectivity index (χ0) is 13.0. The topological polar surface area (TPSA) is 38.5 Å². The minimum atomic E-state index is 0.139. The van der Waals surface area contributed by atoms with Crippen LogP contribution in [0.5, 0.6) is 5.75 Å². The van der Waals surface area contributed by atoms with Crippen LogP contribution < -0.4 is 10.5 Å². The summed E-state index contributed by atoms with van der Waals surface area (Å²) in [6.45, 7) is 5.69. The van der Waals surface area contributed by atoms with E-state index in [2.05, 4.69) is 30.1 Å². The molecule has 18 heavy (non-hydrogen) atoms. The first kappa shape index (κ1) is 13.4. The summed E-state index contributed by atoms with van der Waals surface area (Å²) in [4.78, 5) is 2.38. The summed E-state index contributed by atoms with van der Waals surface area (Å²) in [6.07, 6.45) is 2.27. The Morgan fingerprint density at radius 1 is 1.33 bits per heavy atom. The fourth-order valence-electron chi connectivity index (χ4n) is 2.74. The molecule has 1 aliphatic rings. The van der Waals surface area contributed by atoms with Gasteiger partial charge in [0.15, 0.2) is 0 Å². The van der Waals surface area contributed by atoms with Gasteiger partial charge in [-0.15, -0.1) is 0 Å². The van der Waals surface area contributed by atoms with Crippen molar-refractivity contribution in [1.29, 1.82) is 0 Å². The van der Waals surface area contributed by atoms with Gasteiger partial charge >= 0.3 is 0 Å². The summed E-state index contributed by atoms with van der Waals surface area (Å²) < 4.78 is 5.60. The molecule has 1 aliphatic heterocycles. The Labute approximate surface area is 110 Å². The van der Waals surface area contributed by atoms with Crippen LogP contribution in [-0.4, -0.2) is 38.2 Å². The van der Waals surface area contributed by atoms with Crippen LogP contribution in [0.25, 0.3) is 0 Å². The molecule has 0 aliphatic carbocycles. The molecule has 3 heteroatoms. The number of nitrogens with zero attached hydrogens (tertiary/aromatic N) is 1. The van der Waals surface area contributed by atoms with Gasteiger partial charge in [-0.3, -0.25) is 0 Å². The summed E-state index contributed by atoms with van der Waals surface area (Å²) in [5, 5.41) is 0. The lowest BCUT2D eigenvalue weighted by molar-refractivity contribution is 0.191. The first-order chi connectivity index (χ1) is 8.70. The van der Waals surface area contributed by atoms with Gasteiger partial charge in [0.25, 0.3) is 0 Å². The van der Waals surface area contributed by atoms with Crippen LogP contribution in [0.3, 0.4) is 0 Å². The van der Waals surface area contributed by atoms with Gasteiger partial charge in [-0.05, 0) is 57.6 Å². The molecule has 1 aromatic carbocycles. The quantitative estimate of drug-likeness (QED) is 0.886. The zero-order valence-corrected chi connectivity index (χ0v) is 11.5. The summed E-state index contributed by atoms with van der Waals surface area (Å²) >= 11 is 0.